The first-order chi connectivity index (χ1) is 9.58. The van der Waals surface area contributed by atoms with Crippen LogP contribution in [0.15, 0.2) is 54.6 Å². The lowest BCUT2D eigenvalue weighted by molar-refractivity contribution is -0.117. The molecule has 2 heteroatoms. The van der Waals surface area contributed by atoms with Crippen molar-refractivity contribution in [2.45, 2.75) is 32.6 Å². The zero-order valence-electron chi connectivity index (χ0n) is 12.3. The molecule has 0 heterocycles. The molecule has 0 aliphatic heterocycles. The van der Waals surface area contributed by atoms with Crippen molar-refractivity contribution < 1.29 is 4.79 Å². The van der Waals surface area contributed by atoms with Gasteiger partial charge in [0.05, 0.1) is 5.92 Å². The van der Waals surface area contributed by atoms with Gasteiger partial charge in [0, 0.05) is 5.69 Å². The summed E-state index contributed by atoms with van der Waals surface area (Å²) < 4.78 is 0. The maximum atomic E-state index is 12.2. The van der Waals surface area contributed by atoms with Crippen LogP contribution in [0.4, 0.5) is 5.69 Å². The minimum atomic E-state index is -0.152. The molecule has 0 unspecified atom stereocenters. The lowest BCUT2D eigenvalue weighted by atomic mass is 10.00. The number of amides is 1. The number of rotatable bonds is 4. The van der Waals surface area contributed by atoms with Crippen LogP contribution in [0.1, 0.15) is 43.7 Å². The summed E-state index contributed by atoms with van der Waals surface area (Å²) >= 11 is 0. The number of hydrogen-bond donors (Lipinski definition) is 1. The largest absolute Gasteiger partial charge is 0.326 e. The second kappa shape index (κ2) is 6.38. The molecule has 0 aromatic heterocycles. The Morgan fingerprint density at radius 1 is 0.850 bits per heavy atom. The van der Waals surface area contributed by atoms with Gasteiger partial charge in [-0.1, -0.05) is 56.3 Å². The molecule has 1 N–H and O–H groups in total. The lowest BCUT2D eigenvalue weighted by Gasteiger charge is -2.13. The molecular formula is C18H21NO. The van der Waals surface area contributed by atoms with E-state index in [1.165, 1.54) is 5.56 Å². The van der Waals surface area contributed by atoms with Crippen molar-refractivity contribution in [3.8, 4) is 0 Å². The standard InChI is InChI=1S/C18H21NO/c1-13(2)15-9-11-17(12-10-15)19-18(20)14(3)16-7-5-4-6-8-16/h4-14H,1-3H3,(H,19,20)/t14-/m1/s1. The summed E-state index contributed by atoms with van der Waals surface area (Å²) in [6.07, 6.45) is 0. The average Bonchev–Trinajstić information content (AvgIpc) is 2.48. The third-order valence-electron chi connectivity index (χ3n) is 3.54. The highest BCUT2D eigenvalue weighted by Crippen LogP contribution is 2.20. The number of carbonyl (C=O) groups excluding carboxylic acids is 1. The van der Waals surface area contributed by atoms with E-state index in [9.17, 15) is 4.79 Å². The van der Waals surface area contributed by atoms with Crippen molar-refractivity contribution in [2.24, 2.45) is 0 Å². The van der Waals surface area contributed by atoms with Gasteiger partial charge in [0.15, 0.2) is 0 Å². The van der Waals surface area contributed by atoms with Crippen LogP contribution in [-0.2, 0) is 4.79 Å². The van der Waals surface area contributed by atoms with E-state index in [0.29, 0.717) is 5.92 Å². The smallest absolute Gasteiger partial charge is 0.231 e. The minimum absolute atomic E-state index is 0.0218. The Morgan fingerprint density at radius 3 is 2.00 bits per heavy atom. The van der Waals surface area contributed by atoms with Crippen LogP contribution in [0.5, 0.6) is 0 Å². The Balaban J connectivity index is 2.04. The zero-order chi connectivity index (χ0) is 14.5. The fraction of sp³-hybridized carbons (Fsp3) is 0.278. The first-order valence-electron chi connectivity index (χ1n) is 7.03. The fourth-order valence-corrected chi connectivity index (χ4v) is 2.09. The predicted molar refractivity (Wildman–Crippen MR) is 84.0 cm³/mol. The Kier molecular flexibility index (Phi) is 4.57. The molecule has 0 saturated carbocycles. The Hall–Kier alpha value is -2.09. The molecule has 2 nitrogen and oxygen atoms in total. The average molecular weight is 267 g/mol. The first kappa shape index (κ1) is 14.3. The maximum absolute atomic E-state index is 12.2. The van der Waals surface area contributed by atoms with Crippen LogP contribution < -0.4 is 5.32 Å². The van der Waals surface area contributed by atoms with Crippen LogP contribution in [0, 0.1) is 0 Å². The van der Waals surface area contributed by atoms with Crippen molar-refractivity contribution >= 4 is 11.6 Å². The van der Waals surface area contributed by atoms with Gasteiger partial charge in [0.2, 0.25) is 5.91 Å². The second-order valence-electron chi connectivity index (χ2n) is 5.40. The van der Waals surface area contributed by atoms with E-state index in [1.807, 2.05) is 49.4 Å². The Morgan fingerprint density at radius 2 is 1.45 bits per heavy atom. The van der Waals surface area contributed by atoms with Gasteiger partial charge in [0.1, 0.15) is 0 Å². The molecule has 0 aliphatic carbocycles. The van der Waals surface area contributed by atoms with Crippen molar-refractivity contribution in [1.82, 2.24) is 0 Å². The molecule has 2 rings (SSSR count). The molecule has 2 aromatic rings. The van der Waals surface area contributed by atoms with Gasteiger partial charge in [-0.15, -0.1) is 0 Å². The first-order valence-corrected chi connectivity index (χ1v) is 7.03. The predicted octanol–water partition coefficient (Wildman–Crippen LogP) is 4.55. The molecule has 0 radical (unpaired) electrons. The van der Waals surface area contributed by atoms with Gasteiger partial charge in [-0.25, -0.2) is 0 Å². The van der Waals surface area contributed by atoms with Crippen molar-refractivity contribution in [1.29, 1.82) is 0 Å². The number of nitrogens with one attached hydrogen (secondary N) is 1. The highest BCUT2D eigenvalue weighted by atomic mass is 16.1. The maximum Gasteiger partial charge on any atom is 0.231 e. The van der Waals surface area contributed by atoms with Crippen LogP contribution >= 0.6 is 0 Å². The van der Waals surface area contributed by atoms with Gasteiger partial charge < -0.3 is 5.32 Å². The summed E-state index contributed by atoms with van der Waals surface area (Å²) in [6.45, 7) is 6.24. The van der Waals surface area contributed by atoms with E-state index < -0.39 is 0 Å². The molecule has 0 saturated heterocycles. The summed E-state index contributed by atoms with van der Waals surface area (Å²) in [5, 5.41) is 2.97. The van der Waals surface area contributed by atoms with E-state index in [2.05, 4.69) is 31.3 Å². The second-order valence-corrected chi connectivity index (χ2v) is 5.40. The van der Waals surface area contributed by atoms with E-state index in [1.54, 1.807) is 0 Å². The quantitative estimate of drug-likeness (QED) is 0.865. The molecule has 2 aromatic carbocycles. The minimum Gasteiger partial charge on any atom is -0.326 e. The number of hydrogen-bond acceptors (Lipinski definition) is 1. The van der Waals surface area contributed by atoms with Gasteiger partial charge in [-0.3, -0.25) is 4.79 Å². The SMILES string of the molecule is CC(C)c1ccc(NC(=O)[C@H](C)c2ccccc2)cc1. The van der Waals surface area contributed by atoms with Crippen molar-refractivity contribution in [3.63, 3.8) is 0 Å². The third kappa shape index (κ3) is 3.47. The normalized spacial score (nSPS) is 12.2. The highest BCUT2D eigenvalue weighted by molar-refractivity contribution is 5.95. The zero-order valence-corrected chi connectivity index (χ0v) is 12.3. The summed E-state index contributed by atoms with van der Waals surface area (Å²) in [6, 6.07) is 17.9. The van der Waals surface area contributed by atoms with Gasteiger partial charge in [-0.2, -0.15) is 0 Å². The van der Waals surface area contributed by atoms with Crippen LogP contribution in [0.3, 0.4) is 0 Å². The fourth-order valence-electron chi connectivity index (χ4n) is 2.09. The highest BCUT2D eigenvalue weighted by Gasteiger charge is 2.14. The van der Waals surface area contributed by atoms with Gasteiger partial charge >= 0.3 is 0 Å². The van der Waals surface area contributed by atoms with Crippen LogP contribution in [0.25, 0.3) is 0 Å². The Bertz CT molecular complexity index is 558. The third-order valence-corrected chi connectivity index (χ3v) is 3.54. The summed E-state index contributed by atoms with van der Waals surface area (Å²) in [5.41, 5.74) is 3.16. The molecule has 20 heavy (non-hydrogen) atoms. The van der Waals surface area contributed by atoms with Crippen LogP contribution in [0.2, 0.25) is 0 Å². The molecule has 0 aliphatic rings. The molecular weight excluding hydrogens is 246 g/mol. The summed E-state index contributed by atoms with van der Waals surface area (Å²) in [7, 11) is 0. The van der Waals surface area contributed by atoms with E-state index in [-0.39, 0.29) is 11.8 Å². The topological polar surface area (TPSA) is 29.1 Å². The van der Waals surface area contributed by atoms with Crippen LogP contribution in [-0.4, -0.2) is 5.91 Å². The summed E-state index contributed by atoms with van der Waals surface area (Å²) in [4.78, 5) is 12.2. The van der Waals surface area contributed by atoms with Crippen molar-refractivity contribution in [2.75, 3.05) is 5.32 Å². The van der Waals surface area contributed by atoms with Crippen molar-refractivity contribution in [3.05, 3.63) is 65.7 Å². The lowest BCUT2D eigenvalue weighted by Crippen LogP contribution is -2.18. The molecule has 104 valence electrons. The molecule has 1 atom stereocenters. The molecule has 1 amide bonds. The number of anilines is 1. The van der Waals surface area contributed by atoms with Gasteiger partial charge in [0.25, 0.3) is 0 Å². The van der Waals surface area contributed by atoms with E-state index >= 15 is 0 Å². The number of benzene rings is 2. The van der Waals surface area contributed by atoms with Gasteiger partial charge in [-0.05, 0) is 36.1 Å². The van der Waals surface area contributed by atoms with E-state index in [4.69, 9.17) is 0 Å². The molecule has 0 bridgehead atoms. The molecule has 0 fully saturated rings. The number of carbonyl (C=O) groups is 1. The molecule has 0 spiro atoms. The van der Waals surface area contributed by atoms with E-state index in [0.717, 1.165) is 11.3 Å². The monoisotopic (exact) mass is 267 g/mol. The summed E-state index contributed by atoms with van der Waals surface area (Å²) in [5.74, 6) is 0.373. The Labute approximate surface area is 120 Å².